The van der Waals surface area contributed by atoms with E-state index in [9.17, 15) is 4.79 Å². The lowest BCUT2D eigenvalue weighted by Gasteiger charge is -1.95. The molecule has 0 radical (unpaired) electrons. The molecule has 0 unspecified atom stereocenters. The van der Waals surface area contributed by atoms with Gasteiger partial charge < -0.3 is 5.11 Å². The smallest absolute Gasteiger partial charge is 0.357 e. The van der Waals surface area contributed by atoms with E-state index in [1.54, 1.807) is 0 Å². The van der Waals surface area contributed by atoms with Gasteiger partial charge >= 0.3 is 5.97 Å². The van der Waals surface area contributed by atoms with Crippen molar-refractivity contribution in [3.05, 3.63) is 21.6 Å². The summed E-state index contributed by atoms with van der Waals surface area (Å²) in [5, 5.41) is 8.56. The molecule has 6 heteroatoms. The van der Waals surface area contributed by atoms with E-state index in [2.05, 4.69) is 25.9 Å². The number of carboxylic acids is 1. The average molecular weight is 237 g/mol. The quantitative estimate of drug-likeness (QED) is 0.805. The van der Waals surface area contributed by atoms with Crippen molar-refractivity contribution < 1.29 is 9.90 Å². The number of aromatic nitrogens is 2. The fourth-order valence-corrected chi connectivity index (χ4v) is 0.983. The van der Waals surface area contributed by atoms with Gasteiger partial charge in [-0.2, -0.15) is 0 Å². The third kappa shape index (κ3) is 1.87. The molecule has 0 bridgehead atoms. The van der Waals surface area contributed by atoms with Crippen molar-refractivity contribution in [2.45, 2.75) is 0 Å². The van der Waals surface area contributed by atoms with E-state index < -0.39 is 5.97 Å². The van der Waals surface area contributed by atoms with Crippen molar-refractivity contribution in [3.63, 3.8) is 0 Å². The first-order valence-corrected chi connectivity index (χ1v) is 3.69. The molecule has 0 aliphatic carbocycles. The summed E-state index contributed by atoms with van der Waals surface area (Å²) >= 11 is 8.32. The molecule has 0 aromatic carbocycles. The van der Waals surface area contributed by atoms with Crippen molar-refractivity contribution in [3.8, 4) is 0 Å². The van der Waals surface area contributed by atoms with Gasteiger partial charge in [0, 0.05) is 0 Å². The van der Waals surface area contributed by atoms with Gasteiger partial charge in [-0.1, -0.05) is 11.6 Å². The number of halogens is 2. The summed E-state index contributed by atoms with van der Waals surface area (Å²) in [5.41, 5.74) is -0.183. The summed E-state index contributed by atoms with van der Waals surface area (Å²) in [4.78, 5) is 17.6. The highest BCUT2D eigenvalue weighted by Crippen LogP contribution is 2.13. The van der Waals surface area contributed by atoms with Crippen LogP contribution in [0.2, 0.25) is 5.15 Å². The molecule has 1 aromatic heterocycles. The van der Waals surface area contributed by atoms with E-state index in [1.165, 1.54) is 6.20 Å². The van der Waals surface area contributed by atoms with E-state index in [4.69, 9.17) is 16.7 Å². The second-order valence-corrected chi connectivity index (χ2v) is 2.78. The van der Waals surface area contributed by atoms with Gasteiger partial charge in [0.15, 0.2) is 5.69 Å². The van der Waals surface area contributed by atoms with Crippen molar-refractivity contribution in [2.24, 2.45) is 0 Å². The van der Waals surface area contributed by atoms with Gasteiger partial charge in [0.25, 0.3) is 0 Å². The minimum absolute atomic E-state index is 0.0607. The van der Waals surface area contributed by atoms with Crippen LogP contribution in [0.1, 0.15) is 10.5 Å². The van der Waals surface area contributed by atoms with Crippen LogP contribution < -0.4 is 0 Å². The summed E-state index contributed by atoms with van der Waals surface area (Å²) in [5.74, 6) is -1.16. The molecular weight excluding hydrogens is 235 g/mol. The zero-order chi connectivity index (χ0) is 8.43. The van der Waals surface area contributed by atoms with E-state index in [0.717, 1.165) is 0 Å². The first kappa shape index (κ1) is 8.42. The molecule has 0 saturated carbocycles. The second-order valence-electron chi connectivity index (χ2n) is 1.64. The van der Waals surface area contributed by atoms with Crippen LogP contribution in [0.4, 0.5) is 0 Å². The maximum absolute atomic E-state index is 10.4. The molecule has 0 atom stereocenters. The van der Waals surface area contributed by atoms with Crippen LogP contribution in [0.15, 0.2) is 10.8 Å². The Morgan fingerprint density at radius 3 is 2.82 bits per heavy atom. The monoisotopic (exact) mass is 236 g/mol. The SMILES string of the molecule is O=C(O)c1nc(Cl)cnc1Br. The van der Waals surface area contributed by atoms with Crippen molar-refractivity contribution in [1.29, 1.82) is 0 Å². The van der Waals surface area contributed by atoms with E-state index in [-0.39, 0.29) is 15.5 Å². The summed E-state index contributed by atoms with van der Waals surface area (Å²) < 4.78 is 0.175. The van der Waals surface area contributed by atoms with Crippen LogP contribution in [0.5, 0.6) is 0 Å². The van der Waals surface area contributed by atoms with E-state index in [1.807, 2.05) is 0 Å². The molecule has 58 valence electrons. The Kier molecular flexibility index (Phi) is 2.41. The molecule has 1 aromatic rings. The maximum Gasteiger partial charge on any atom is 0.357 e. The molecule has 1 N–H and O–H groups in total. The number of aromatic carboxylic acids is 1. The largest absolute Gasteiger partial charge is 0.476 e. The lowest BCUT2D eigenvalue weighted by molar-refractivity contribution is 0.0688. The van der Waals surface area contributed by atoms with Gasteiger partial charge in [-0.25, -0.2) is 14.8 Å². The van der Waals surface area contributed by atoms with Crippen LogP contribution in [-0.4, -0.2) is 21.0 Å². The predicted octanol–water partition coefficient (Wildman–Crippen LogP) is 1.59. The normalized spacial score (nSPS) is 9.64. The zero-order valence-electron chi connectivity index (χ0n) is 5.08. The lowest BCUT2D eigenvalue weighted by Crippen LogP contribution is -2.02. The topological polar surface area (TPSA) is 63.1 Å². The molecule has 0 spiro atoms. The maximum atomic E-state index is 10.4. The summed E-state index contributed by atoms with van der Waals surface area (Å²) in [6, 6.07) is 0. The Labute approximate surface area is 75.4 Å². The molecule has 1 rings (SSSR count). The summed E-state index contributed by atoms with van der Waals surface area (Å²) in [6.45, 7) is 0. The first-order valence-electron chi connectivity index (χ1n) is 2.52. The molecular formula is C5H2BrClN2O2. The average Bonchev–Trinajstić information content (AvgIpc) is 1.94. The molecule has 1 heterocycles. The molecule has 0 amide bonds. The minimum atomic E-state index is -1.16. The van der Waals surface area contributed by atoms with Gasteiger partial charge in [-0.15, -0.1) is 0 Å². The predicted molar refractivity (Wildman–Crippen MR) is 41.7 cm³/mol. The zero-order valence-corrected chi connectivity index (χ0v) is 7.43. The van der Waals surface area contributed by atoms with E-state index in [0.29, 0.717) is 0 Å². The van der Waals surface area contributed by atoms with Crippen molar-refractivity contribution in [2.75, 3.05) is 0 Å². The number of rotatable bonds is 1. The van der Waals surface area contributed by atoms with Gasteiger partial charge in [-0.3, -0.25) is 0 Å². The van der Waals surface area contributed by atoms with Gasteiger partial charge in [0.2, 0.25) is 0 Å². The number of carbonyl (C=O) groups is 1. The van der Waals surface area contributed by atoms with Gasteiger partial charge in [-0.05, 0) is 15.9 Å². The Hall–Kier alpha value is -0.680. The number of hydrogen-bond acceptors (Lipinski definition) is 3. The molecule has 0 saturated heterocycles. The van der Waals surface area contributed by atoms with Crippen LogP contribution in [0.3, 0.4) is 0 Å². The Morgan fingerprint density at radius 1 is 1.73 bits per heavy atom. The third-order valence-corrected chi connectivity index (χ3v) is 1.66. The minimum Gasteiger partial charge on any atom is -0.476 e. The molecule has 4 nitrogen and oxygen atoms in total. The molecule has 0 fully saturated rings. The lowest BCUT2D eigenvalue weighted by atomic mass is 10.5. The number of hydrogen-bond donors (Lipinski definition) is 1. The molecule has 0 aliphatic heterocycles. The fourth-order valence-electron chi connectivity index (χ4n) is 0.489. The fraction of sp³-hybridized carbons (Fsp3) is 0. The Morgan fingerprint density at radius 2 is 2.36 bits per heavy atom. The van der Waals surface area contributed by atoms with Gasteiger partial charge in [0.05, 0.1) is 6.20 Å². The van der Waals surface area contributed by atoms with Crippen LogP contribution in [0, 0.1) is 0 Å². The highest BCUT2D eigenvalue weighted by atomic mass is 79.9. The van der Waals surface area contributed by atoms with Crippen molar-refractivity contribution >= 4 is 33.5 Å². The number of nitrogens with zero attached hydrogens (tertiary/aromatic N) is 2. The first-order chi connectivity index (χ1) is 5.11. The Balaban J connectivity index is 3.23. The van der Waals surface area contributed by atoms with Crippen LogP contribution >= 0.6 is 27.5 Å². The summed E-state index contributed by atoms with van der Waals surface area (Å²) in [6.07, 6.45) is 1.26. The second kappa shape index (κ2) is 3.15. The van der Waals surface area contributed by atoms with Crippen LogP contribution in [0.25, 0.3) is 0 Å². The third-order valence-electron chi connectivity index (χ3n) is 0.901. The highest BCUT2D eigenvalue weighted by Gasteiger charge is 2.11. The molecule has 0 aliphatic rings. The summed E-state index contributed by atoms with van der Waals surface area (Å²) in [7, 11) is 0. The standard InChI is InChI=1S/C5H2BrClN2O2/c6-4-3(5(10)11)9-2(7)1-8-4/h1H,(H,10,11). The number of carboxylic acid groups (broad SMARTS) is 1. The van der Waals surface area contributed by atoms with Crippen molar-refractivity contribution in [1.82, 2.24) is 9.97 Å². The molecule has 11 heavy (non-hydrogen) atoms. The van der Waals surface area contributed by atoms with Crippen LogP contribution in [-0.2, 0) is 0 Å². The highest BCUT2D eigenvalue weighted by molar-refractivity contribution is 9.10. The van der Waals surface area contributed by atoms with Gasteiger partial charge in [0.1, 0.15) is 9.76 Å². The Bertz CT molecular complexity index is 305. The van der Waals surface area contributed by atoms with E-state index >= 15 is 0 Å².